The average molecular weight is 275 g/mol. The van der Waals surface area contributed by atoms with Gasteiger partial charge in [-0.25, -0.2) is 0 Å². The zero-order chi connectivity index (χ0) is 14.6. The largest absolute Gasteiger partial charge is 0.394 e. The van der Waals surface area contributed by atoms with Crippen LogP contribution in [0.25, 0.3) is 0 Å². The molecule has 1 aromatic rings. The van der Waals surface area contributed by atoms with E-state index in [2.05, 4.69) is 24.4 Å². The van der Waals surface area contributed by atoms with E-state index in [1.807, 2.05) is 25.1 Å². The zero-order valence-corrected chi connectivity index (χ0v) is 12.4. The Bertz CT molecular complexity index is 442. The van der Waals surface area contributed by atoms with Crippen molar-refractivity contribution in [1.29, 1.82) is 0 Å². The molecule has 3 nitrogen and oxygen atoms in total. The molecule has 2 atom stereocenters. The Labute approximate surface area is 121 Å². The first-order valence-corrected chi connectivity index (χ1v) is 7.52. The molecular weight excluding hydrogens is 250 g/mol. The Kier molecular flexibility index (Phi) is 4.81. The van der Waals surface area contributed by atoms with Gasteiger partial charge in [0.25, 0.3) is 0 Å². The van der Waals surface area contributed by atoms with Gasteiger partial charge in [-0.2, -0.15) is 0 Å². The van der Waals surface area contributed by atoms with Gasteiger partial charge in [0.05, 0.1) is 12.1 Å². The van der Waals surface area contributed by atoms with E-state index >= 15 is 0 Å². The van der Waals surface area contributed by atoms with Crippen molar-refractivity contribution in [3.8, 4) is 0 Å². The maximum Gasteiger partial charge on any atom is 0.220 e. The molecule has 0 aliphatic heterocycles. The van der Waals surface area contributed by atoms with E-state index < -0.39 is 5.54 Å². The molecule has 1 aromatic carbocycles. The van der Waals surface area contributed by atoms with E-state index in [0.29, 0.717) is 18.3 Å². The van der Waals surface area contributed by atoms with Gasteiger partial charge in [0, 0.05) is 6.42 Å². The molecule has 3 heteroatoms. The van der Waals surface area contributed by atoms with E-state index in [4.69, 9.17) is 0 Å². The highest BCUT2D eigenvalue weighted by Gasteiger charge is 2.41. The lowest BCUT2D eigenvalue weighted by Crippen LogP contribution is -2.50. The molecule has 0 aromatic heterocycles. The summed E-state index contributed by atoms with van der Waals surface area (Å²) < 4.78 is 0. The van der Waals surface area contributed by atoms with E-state index in [1.54, 1.807) is 0 Å². The predicted molar refractivity (Wildman–Crippen MR) is 80.4 cm³/mol. The Morgan fingerprint density at radius 1 is 1.40 bits per heavy atom. The maximum atomic E-state index is 12.1. The van der Waals surface area contributed by atoms with Gasteiger partial charge in [-0.1, -0.05) is 37.3 Å². The number of amides is 1. The molecule has 1 saturated carbocycles. The summed E-state index contributed by atoms with van der Waals surface area (Å²) in [5, 5.41) is 12.5. The number of hydrogen-bond donors (Lipinski definition) is 2. The fourth-order valence-electron chi connectivity index (χ4n) is 2.67. The summed E-state index contributed by atoms with van der Waals surface area (Å²) in [5.74, 6) is 0.877. The third kappa shape index (κ3) is 3.83. The van der Waals surface area contributed by atoms with Gasteiger partial charge in [0.15, 0.2) is 0 Å². The minimum absolute atomic E-state index is 0.0254. The molecule has 1 aliphatic rings. The van der Waals surface area contributed by atoms with Crippen molar-refractivity contribution in [1.82, 2.24) is 5.32 Å². The van der Waals surface area contributed by atoms with Crippen LogP contribution < -0.4 is 5.32 Å². The van der Waals surface area contributed by atoms with Crippen LogP contribution in [0.3, 0.4) is 0 Å². The van der Waals surface area contributed by atoms with Crippen LogP contribution in [0, 0.1) is 5.92 Å². The summed E-state index contributed by atoms with van der Waals surface area (Å²) in [6.45, 7) is 4.12. The van der Waals surface area contributed by atoms with Gasteiger partial charge < -0.3 is 10.4 Å². The van der Waals surface area contributed by atoms with E-state index in [9.17, 15) is 9.90 Å². The van der Waals surface area contributed by atoms with E-state index in [1.165, 1.54) is 5.56 Å². The molecule has 1 aliphatic carbocycles. The quantitative estimate of drug-likeness (QED) is 0.804. The lowest BCUT2D eigenvalue weighted by Gasteiger charge is -2.29. The minimum atomic E-state index is -0.424. The summed E-state index contributed by atoms with van der Waals surface area (Å²) in [6.07, 6.45) is 3.57. The second-order valence-corrected chi connectivity index (χ2v) is 6.25. The van der Waals surface area contributed by atoms with Crippen LogP contribution in [0.1, 0.15) is 51.0 Å². The van der Waals surface area contributed by atoms with Gasteiger partial charge in [0.2, 0.25) is 5.91 Å². The highest BCUT2D eigenvalue weighted by molar-refractivity contribution is 5.77. The minimum Gasteiger partial charge on any atom is -0.394 e. The smallest absolute Gasteiger partial charge is 0.220 e. The summed E-state index contributed by atoms with van der Waals surface area (Å²) in [7, 11) is 0. The predicted octanol–water partition coefficient (Wildman–Crippen LogP) is 2.85. The standard InChI is InChI=1S/C17H25NO2/c1-13(14-6-4-3-5-7-14)8-11-16(20)18-17(2,12-19)15-9-10-15/h3-7,13,15,19H,8-12H2,1-2H3,(H,18,20). The molecule has 0 heterocycles. The van der Waals surface area contributed by atoms with Crippen LogP contribution in [0.15, 0.2) is 30.3 Å². The molecule has 0 radical (unpaired) electrons. The molecule has 0 bridgehead atoms. The van der Waals surface area contributed by atoms with Crippen LogP contribution in [0.2, 0.25) is 0 Å². The third-order valence-corrected chi connectivity index (χ3v) is 4.40. The van der Waals surface area contributed by atoms with Gasteiger partial charge in [-0.15, -0.1) is 0 Å². The lowest BCUT2D eigenvalue weighted by molar-refractivity contribution is -0.123. The summed E-state index contributed by atoms with van der Waals surface area (Å²) in [5.41, 5.74) is 0.847. The van der Waals surface area contributed by atoms with Crippen LogP contribution in [0.5, 0.6) is 0 Å². The first-order chi connectivity index (χ1) is 9.55. The molecular formula is C17H25NO2. The van der Waals surface area contributed by atoms with Gasteiger partial charge >= 0.3 is 0 Å². The molecule has 2 unspecified atom stereocenters. The van der Waals surface area contributed by atoms with Crippen molar-refractivity contribution in [2.24, 2.45) is 5.92 Å². The van der Waals surface area contributed by atoms with E-state index in [0.717, 1.165) is 19.3 Å². The Morgan fingerprint density at radius 2 is 2.05 bits per heavy atom. The Morgan fingerprint density at radius 3 is 2.60 bits per heavy atom. The summed E-state index contributed by atoms with van der Waals surface area (Å²) >= 11 is 0. The number of carbonyl (C=O) groups is 1. The van der Waals surface area contributed by atoms with Crippen molar-refractivity contribution >= 4 is 5.91 Å². The van der Waals surface area contributed by atoms with Crippen molar-refractivity contribution < 1.29 is 9.90 Å². The number of benzene rings is 1. The monoisotopic (exact) mass is 275 g/mol. The molecule has 1 fully saturated rings. The maximum absolute atomic E-state index is 12.1. The molecule has 0 saturated heterocycles. The molecule has 2 N–H and O–H groups in total. The van der Waals surface area contributed by atoms with Crippen molar-refractivity contribution in [3.05, 3.63) is 35.9 Å². The van der Waals surface area contributed by atoms with Crippen LogP contribution >= 0.6 is 0 Å². The SMILES string of the molecule is CC(CCC(=O)NC(C)(CO)C1CC1)c1ccccc1. The van der Waals surface area contributed by atoms with Crippen molar-refractivity contribution in [2.75, 3.05) is 6.61 Å². The zero-order valence-electron chi connectivity index (χ0n) is 12.4. The Hall–Kier alpha value is -1.35. The molecule has 20 heavy (non-hydrogen) atoms. The van der Waals surface area contributed by atoms with Crippen molar-refractivity contribution in [2.45, 2.75) is 51.0 Å². The second-order valence-electron chi connectivity index (χ2n) is 6.25. The highest BCUT2D eigenvalue weighted by Crippen LogP contribution is 2.39. The first-order valence-electron chi connectivity index (χ1n) is 7.52. The molecule has 110 valence electrons. The lowest BCUT2D eigenvalue weighted by atomic mass is 9.94. The van der Waals surface area contributed by atoms with E-state index in [-0.39, 0.29) is 12.5 Å². The number of carbonyl (C=O) groups excluding carboxylic acids is 1. The topological polar surface area (TPSA) is 49.3 Å². The number of hydrogen-bond acceptors (Lipinski definition) is 2. The van der Waals surface area contributed by atoms with Gasteiger partial charge in [-0.3, -0.25) is 4.79 Å². The average Bonchev–Trinajstić information content (AvgIpc) is 3.30. The van der Waals surface area contributed by atoms with Crippen LogP contribution in [-0.4, -0.2) is 23.2 Å². The third-order valence-electron chi connectivity index (χ3n) is 4.40. The second kappa shape index (κ2) is 6.40. The Balaban J connectivity index is 1.80. The van der Waals surface area contributed by atoms with Crippen LogP contribution in [0.4, 0.5) is 0 Å². The fourth-order valence-corrected chi connectivity index (χ4v) is 2.67. The fraction of sp³-hybridized carbons (Fsp3) is 0.588. The van der Waals surface area contributed by atoms with Crippen LogP contribution in [-0.2, 0) is 4.79 Å². The van der Waals surface area contributed by atoms with Crippen molar-refractivity contribution in [3.63, 3.8) is 0 Å². The number of aliphatic hydroxyl groups excluding tert-OH is 1. The number of nitrogens with one attached hydrogen (secondary N) is 1. The first kappa shape index (κ1) is 15.0. The normalized spacial score (nSPS) is 19.1. The number of aliphatic hydroxyl groups is 1. The van der Waals surface area contributed by atoms with Gasteiger partial charge in [0.1, 0.15) is 0 Å². The summed E-state index contributed by atoms with van der Waals surface area (Å²) in [6, 6.07) is 10.3. The molecule has 1 amide bonds. The molecule has 0 spiro atoms. The number of rotatable bonds is 7. The highest BCUT2D eigenvalue weighted by atomic mass is 16.3. The van der Waals surface area contributed by atoms with Gasteiger partial charge in [-0.05, 0) is 43.6 Å². The molecule has 2 rings (SSSR count). The summed E-state index contributed by atoms with van der Waals surface area (Å²) in [4.78, 5) is 12.1.